The summed E-state index contributed by atoms with van der Waals surface area (Å²) in [5.41, 5.74) is 4.11. The lowest BCUT2D eigenvalue weighted by molar-refractivity contribution is -0.141. The first kappa shape index (κ1) is 27.1. The number of alkyl carbamates (subject to hydrolysis) is 1. The van der Waals surface area contributed by atoms with Crippen molar-refractivity contribution in [3.63, 3.8) is 0 Å². The number of carboxylic acid groups (broad SMARTS) is 1. The van der Waals surface area contributed by atoms with Crippen molar-refractivity contribution in [3.8, 4) is 11.1 Å². The molecule has 2 atom stereocenters. The molecule has 0 radical (unpaired) electrons. The highest BCUT2D eigenvalue weighted by molar-refractivity contribution is 5.81. The summed E-state index contributed by atoms with van der Waals surface area (Å²) in [4.78, 5) is 37.1. The minimum Gasteiger partial charge on any atom is -0.480 e. The smallest absolute Gasteiger partial charge is 0.410 e. The SMILES string of the molecule is C=CCOC(=O)N1CC(F)(F)C[C@H]1COCC(NC(=O)OCC1c2ccccc2-c2ccccc21)C(=O)O. The minimum atomic E-state index is -3.13. The van der Waals surface area contributed by atoms with E-state index in [1.165, 1.54) is 6.08 Å². The summed E-state index contributed by atoms with van der Waals surface area (Å²) < 4.78 is 43.4. The number of rotatable bonds is 10. The van der Waals surface area contributed by atoms with Crippen LogP contribution in [0, 0.1) is 0 Å². The van der Waals surface area contributed by atoms with Gasteiger partial charge in [-0.1, -0.05) is 61.2 Å². The number of fused-ring (bicyclic) bond motifs is 3. The van der Waals surface area contributed by atoms with Gasteiger partial charge in [0.05, 0.1) is 25.8 Å². The van der Waals surface area contributed by atoms with Crippen molar-refractivity contribution in [1.29, 1.82) is 0 Å². The average molecular weight is 531 g/mol. The fourth-order valence-corrected chi connectivity index (χ4v) is 4.75. The number of halogens is 2. The number of carbonyl (C=O) groups excluding carboxylic acids is 2. The summed E-state index contributed by atoms with van der Waals surface area (Å²) in [5, 5.41) is 11.8. The van der Waals surface area contributed by atoms with Gasteiger partial charge < -0.3 is 24.6 Å². The van der Waals surface area contributed by atoms with Crippen LogP contribution in [0.5, 0.6) is 0 Å². The zero-order valence-corrected chi connectivity index (χ0v) is 20.5. The first-order valence-corrected chi connectivity index (χ1v) is 12.0. The van der Waals surface area contributed by atoms with Gasteiger partial charge in [0.15, 0.2) is 6.04 Å². The van der Waals surface area contributed by atoms with E-state index >= 15 is 0 Å². The Bertz CT molecular complexity index is 1160. The van der Waals surface area contributed by atoms with Gasteiger partial charge >= 0.3 is 18.2 Å². The minimum absolute atomic E-state index is 0.00794. The van der Waals surface area contributed by atoms with Crippen molar-refractivity contribution < 1.29 is 42.5 Å². The van der Waals surface area contributed by atoms with E-state index in [1.807, 2.05) is 48.5 Å². The van der Waals surface area contributed by atoms with E-state index in [0.29, 0.717) is 0 Å². The molecule has 1 aliphatic carbocycles. The van der Waals surface area contributed by atoms with E-state index in [1.54, 1.807) is 0 Å². The zero-order valence-electron chi connectivity index (χ0n) is 20.5. The normalized spacial score (nSPS) is 18.3. The van der Waals surface area contributed by atoms with Gasteiger partial charge in [-0.25, -0.2) is 23.2 Å². The predicted molar refractivity (Wildman–Crippen MR) is 132 cm³/mol. The molecule has 1 fully saturated rings. The molecule has 1 unspecified atom stereocenters. The molecule has 0 bridgehead atoms. The molecule has 1 heterocycles. The van der Waals surface area contributed by atoms with Crippen molar-refractivity contribution >= 4 is 18.2 Å². The number of hydrogen-bond donors (Lipinski definition) is 2. The molecule has 2 N–H and O–H groups in total. The van der Waals surface area contributed by atoms with E-state index in [9.17, 15) is 28.3 Å². The van der Waals surface area contributed by atoms with Crippen LogP contribution in [0.2, 0.25) is 0 Å². The summed E-state index contributed by atoms with van der Waals surface area (Å²) in [6.07, 6.45) is -1.25. The molecule has 11 heteroatoms. The van der Waals surface area contributed by atoms with Crippen LogP contribution in [-0.4, -0.2) is 79.1 Å². The van der Waals surface area contributed by atoms with Crippen molar-refractivity contribution in [2.75, 3.05) is 33.0 Å². The lowest BCUT2D eigenvalue weighted by Crippen LogP contribution is -2.45. The molecule has 4 rings (SSSR count). The Balaban J connectivity index is 1.30. The van der Waals surface area contributed by atoms with Crippen LogP contribution in [0.1, 0.15) is 23.5 Å². The van der Waals surface area contributed by atoms with E-state index in [-0.39, 0.29) is 25.7 Å². The van der Waals surface area contributed by atoms with Crippen LogP contribution in [-0.2, 0) is 19.0 Å². The summed E-state index contributed by atoms with van der Waals surface area (Å²) >= 11 is 0. The second kappa shape index (κ2) is 11.6. The number of hydrogen-bond acceptors (Lipinski definition) is 6. The topological polar surface area (TPSA) is 114 Å². The number of amides is 2. The number of ether oxygens (including phenoxy) is 3. The third kappa shape index (κ3) is 6.10. The molecule has 0 aromatic heterocycles. The largest absolute Gasteiger partial charge is 0.480 e. The van der Waals surface area contributed by atoms with Gasteiger partial charge in [0.25, 0.3) is 5.92 Å². The molecule has 2 aromatic carbocycles. The maximum absolute atomic E-state index is 13.9. The van der Waals surface area contributed by atoms with Crippen molar-refractivity contribution in [2.24, 2.45) is 0 Å². The standard InChI is InChI=1S/C27H28F2N2O7/c1-2-11-37-26(35)31-16-27(28,29)12-17(31)13-36-15-23(24(32)33)30-25(34)38-14-22-20-9-5-3-7-18(20)19-8-4-6-10-21(19)22/h2-10,17,22-23H,1,11-16H2,(H,30,34)(H,32,33)/t17-,23?/m0/s1. The molecular formula is C27H28F2N2O7. The molecule has 0 saturated carbocycles. The molecule has 2 aromatic rings. The lowest BCUT2D eigenvalue weighted by atomic mass is 9.98. The number of alkyl halides is 2. The Kier molecular flexibility index (Phi) is 8.26. The molecule has 0 spiro atoms. The number of benzene rings is 2. The number of likely N-dealkylation sites (tertiary alicyclic amines) is 1. The second-order valence-corrected chi connectivity index (χ2v) is 9.11. The predicted octanol–water partition coefficient (Wildman–Crippen LogP) is 4.03. The van der Waals surface area contributed by atoms with Gasteiger partial charge in [-0.3, -0.25) is 4.90 Å². The van der Waals surface area contributed by atoms with Gasteiger partial charge in [0.2, 0.25) is 0 Å². The quantitative estimate of drug-likeness (QED) is 0.446. The Hall–Kier alpha value is -3.99. The highest BCUT2D eigenvalue weighted by atomic mass is 19.3. The van der Waals surface area contributed by atoms with E-state index < -0.39 is 55.7 Å². The Morgan fingerprint density at radius 2 is 1.71 bits per heavy atom. The molecule has 38 heavy (non-hydrogen) atoms. The third-order valence-corrected chi connectivity index (χ3v) is 6.46. The van der Waals surface area contributed by atoms with Crippen LogP contribution >= 0.6 is 0 Å². The zero-order chi connectivity index (χ0) is 27.3. The molecule has 1 saturated heterocycles. The number of carbonyl (C=O) groups is 3. The molecule has 1 aliphatic heterocycles. The Labute approximate surface area is 218 Å². The van der Waals surface area contributed by atoms with Gasteiger partial charge in [-0.05, 0) is 22.3 Å². The fourth-order valence-electron chi connectivity index (χ4n) is 4.75. The molecule has 9 nitrogen and oxygen atoms in total. The van der Waals surface area contributed by atoms with Gasteiger partial charge in [-0.15, -0.1) is 0 Å². The monoisotopic (exact) mass is 530 g/mol. The Morgan fingerprint density at radius 1 is 1.08 bits per heavy atom. The molecule has 202 valence electrons. The van der Waals surface area contributed by atoms with Crippen LogP contribution in [0.3, 0.4) is 0 Å². The number of nitrogens with one attached hydrogen (secondary N) is 1. The van der Waals surface area contributed by atoms with E-state index in [0.717, 1.165) is 27.2 Å². The summed E-state index contributed by atoms with van der Waals surface area (Å²) in [7, 11) is 0. The summed E-state index contributed by atoms with van der Waals surface area (Å²) in [5.74, 6) is -4.73. The van der Waals surface area contributed by atoms with Crippen LogP contribution in [0.15, 0.2) is 61.2 Å². The third-order valence-electron chi connectivity index (χ3n) is 6.46. The van der Waals surface area contributed by atoms with Crippen LogP contribution in [0.4, 0.5) is 18.4 Å². The van der Waals surface area contributed by atoms with Crippen molar-refractivity contribution in [2.45, 2.75) is 30.3 Å². The summed E-state index contributed by atoms with van der Waals surface area (Å²) in [6, 6.07) is 13.0. The second-order valence-electron chi connectivity index (χ2n) is 9.11. The number of carboxylic acids is 1. The highest BCUT2D eigenvalue weighted by Gasteiger charge is 2.47. The molecular weight excluding hydrogens is 502 g/mol. The molecule has 2 amide bonds. The fraction of sp³-hybridized carbons (Fsp3) is 0.370. The van der Waals surface area contributed by atoms with E-state index in [4.69, 9.17) is 14.2 Å². The molecule has 2 aliphatic rings. The van der Waals surface area contributed by atoms with Gasteiger partial charge in [-0.2, -0.15) is 0 Å². The average Bonchev–Trinajstić information content (AvgIpc) is 3.38. The van der Waals surface area contributed by atoms with Crippen molar-refractivity contribution in [1.82, 2.24) is 10.2 Å². The summed E-state index contributed by atoms with van der Waals surface area (Å²) in [6.45, 7) is 1.54. The number of aliphatic carboxylic acids is 1. The highest BCUT2D eigenvalue weighted by Crippen LogP contribution is 2.44. The first-order valence-electron chi connectivity index (χ1n) is 12.0. The maximum atomic E-state index is 13.9. The van der Waals surface area contributed by atoms with E-state index in [2.05, 4.69) is 11.9 Å². The maximum Gasteiger partial charge on any atom is 0.410 e. The van der Waals surface area contributed by atoms with Crippen LogP contribution in [0.25, 0.3) is 11.1 Å². The first-order chi connectivity index (χ1) is 18.2. The number of nitrogens with zero attached hydrogens (tertiary/aromatic N) is 1. The van der Waals surface area contributed by atoms with Crippen molar-refractivity contribution in [3.05, 3.63) is 72.3 Å². The van der Waals surface area contributed by atoms with Crippen LogP contribution < -0.4 is 5.32 Å². The Morgan fingerprint density at radius 3 is 2.32 bits per heavy atom. The van der Waals surface area contributed by atoms with Gasteiger partial charge in [0, 0.05) is 12.3 Å². The van der Waals surface area contributed by atoms with Gasteiger partial charge in [0.1, 0.15) is 13.2 Å². The lowest BCUT2D eigenvalue weighted by Gasteiger charge is -2.23.